The topological polar surface area (TPSA) is 75.6 Å². The van der Waals surface area contributed by atoms with E-state index < -0.39 is 17.6 Å². The van der Waals surface area contributed by atoms with E-state index in [4.69, 9.17) is 4.74 Å². The van der Waals surface area contributed by atoms with Gasteiger partial charge in [0.1, 0.15) is 12.4 Å². The Labute approximate surface area is 243 Å². The lowest BCUT2D eigenvalue weighted by Crippen LogP contribution is -2.19. The standard InChI is InChI=1S/C27H21Br2F3N4O2S/c1-16-5-7-17(8-6-16)14-38-25-22(28)9-18(10-23(25)29)13-33-36-24(37)12-21-15-39-26(35-21)34-20-4-2-3-19(11-20)27(30,31)32/h2-11,13,15H,12,14H2,1H3,(H,34,35)(H,36,37)/b33-13-. The summed E-state index contributed by atoms with van der Waals surface area (Å²) in [5.41, 5.74) is 5.36. The summed E-state index contributed by atoms with van der Waals surface area (Å²) in [4.78, 5) is 16.6. The molecule has 1 amide bonds. The van der Waals surface area contributed by atoms with Crippen molar-refractivity contribution >= 4 is 66.1 Å². The maximum absolute atomic E-state index is 12.9. The summed E-state index contributed by atoms with van der Waals surface area (Å²) in [5, 5.41) is 8.87. The molecule has 1 aromatic heterocycles. The molecule has 12 heteroatoms. The number of aromatic nitrogens is 1. The van der Waals surface area contributed by atoms with E-state index in [0.29, 0.717) is 23.2 Å². The highest BCUT2D eigenvalue weighted by atomic mass is 79.9. The van der Waals surface area contributed by atoms with Crippen LogP contribution in [-0.4, -0.2) is 17.1 Å². The molecule has 4 aromatic rings. The van der Waals surface area contributed by atoms with Crippen LogP contribution in [0.15, 0.2) is 80.1 Å². The Kier molecular flexibility index (Phi) is 9.41. The largest absolute Gasteiger partial charge is 0.487 e. The van der Waals surface area contributed by atoms with Gasteiger partial charge in [-0.2, -0.15) is 18.3 Å². The number of hydrazone groups is 1. The van der Waals surface area contributed by atoms with Crippen LogP contribution in [0.3, 0.4) is 0 Å². The SMILES string of the molecule is Cc1ccc(COc2c(Br)cc(/C=N\NC(=O)Cc3csc(Nc4cccc(C(F)(F)F)c4)n3)cc2Br)cc1. The first-order valence-corrected chi connectivity index (χ1v) is 13.9. The summed E-state index contributed by atoms with van der Waals surface area (Å²) in [6, 6.07) is 16.5. The molecule has 0 radical (unpaired) electrons. The van der Waals surface area contributed by atoms with E-state index in [9.17, 15) is 18.0 Å². The number of ether oxygens (including phenoxy) is 1. The highest BCUT2D eigenvalue weighted by Gasteiger charge is 2.30. The van der Waals surface area contributed by atoms with Crippen molar-refractivity contribution < 1.29 is 22.7 Å². The fraction of sp³-hybridized carbons (Fsp3) is 0.148. The Balaban J connectivity index is 1.29. The van der Waals surface area contributed by atoms with E-state index in [1.54, 1.807) is 5.38 Å². The Morgan fingerprint density at radius 1 is 1.10 bits per heavy atom. The zero-order chi connectivity index (χ0) is 28.0. The molecule has 202 valence electrons. The number of nitrogens with zero attached hydrogens (tertiary/aromatic N) is 2. The molecule has 3 aromatic carbocycles. The van der Waals surface area contributed by atoms with Crippen molar-refractivity contribution in [1.29, 1.82) is 0 Å². The minimum atomic E-state index is -4.44. The van der Waals surface area contributed by atoms with Crippen molar-refractivity contribution in [3.8, 4) is 5.75 Å². The molecule has 4 rings (SSSR count). The molecular formula is C27H21Br2F3N4O2S. The van der Waals surface area contributed by atoms with Gasteiger partial charge in [0.25, 0.3) is 0 Å². The number of rotatable bonds is 9. The zero-order valence-corrected chi connectivity index (χ0v) is 24.3. The van der Waals surface area contributed by atoms with Crippen molar-refractivity contribution in [2.75, 3.05) is 5.32 Å². The van der Waals surface area contributed by atoms with Gasteiger partial charge in [-0.3, -0.25) is 4.79 Å². The third-order valence-corrected chi connectivity index (χ3v) is 7.25. The fourth-order valence-electron chi connectivity index (χ4n) is 3.36. The fourth-order valence-corrected chi connectivity index (χ4v) is 5.54. The minimum Gasteiger partial charge on any atom is -0.487 e. The molecule has 2 N–H and O–H groups in total. The molecule has 0 aliphatic heterocycles. The number of hydrogen-bond acceptors (Lipinski definition) is 6. The molecule has 0 fully saturated rings. The second kappa shape index (κ2) is 12.8. The van der Waals surface area contributed by atoms with Crippen molar-refractivity contribution in [3.05, 3.63) is 103 Å². The van der Waals surface area contributed by atoms with Gasteiger partial charge in [0.15, 0.2) is 5.13 Å². The van der Waals surface area contributed by atoms with Gasteiger partial charge in [0.2, 0.25) is 5.91 Å². The third-order valence-electron chi connectivity index (χ3n) is 5.26. The highest BCUT2D eigenvalue weighted by molar-refractivity contribution is 9.11. The van der Waals surface area contributed by atoms with Gasteiger partial charge in [0, 0.05) is 11.1 Å². The van der Waals surface area contributed by atoms with Crippen LogP contribution in [0, 0.1) is 6.92 Å². The monoisotopic (exact) mass is 680 g/mol. The second-order valence-electron chi connectivity index (χ2n) is 8.41. The lowest BCUT2D eigenvalue weighted by atomic mass is 10.2. The predicted octanol–water partition coefficient (Wildman–Crippen LogP) is 8.01. The summed E-state index contributed by atoms with van der Waals surface area (Å²) in [7, 11) is 0. The van der Waals surface area contributed by atoms with Crippen LogP contribution in [0.2, 0.25) is 0 Å². The molecule has 0 bridgehead atoms. The number of nitrogens with one attached hydrogen (secondary N) is 2. The van der Waals surface area contributed by atoms with Gasteiger partial charge >= 0.3 is 6.18 Å². The lowest BCUT2D eigenvalue weighted by Gasteiger charge is -2.11. The second-order valence-corrected chi connectivity index (χ2v) is 11.0. The molecule has 39 heavy (non-hydrogen) atoms. The number of aryl methyl sites for hydroxylation is 1. The highest BCUT2D eigenvalue weighted by Crippen LogP contribution is 2.35. The average molecular weight is 682 g/mol. The van der Waals surface area contributed by atoms with Gasteiger partial charge in [-0.05, 0) is 80.2 Å². The summed E-state index contributed by atoms with van der Waals surface area (Å²) < 4.78 is 46.1. The molecule has 0 aliphatic carbocycles. The van der Waals surface area contributed by atoms with Gasteiger partial charge in [-0.25, -0.2) is 10.4 Å². The Hall–Kier alpha value is -3.22. The zero-order valence-electron chi connectivity index (χ0n) is 20.4. The minimum absolute atomic E-state index is 0.0444. The molecule has 0 atom stereocenters. The van der Waals surface area contributed by atoms with Crippen molar-refractivity contribution in [2.24, 2.45) is 5.10 Å². The number of amides is 1. The maximum Gasteiger partial charge on any atom is 0.416 e. The van der Waals surface area contributed by atoms with Crippen molar-refractivity contribution in [2.45, 2.75) is 26.1 Å². The van der Waals surface area contributed by atoms with E-state index >= 15 is 0 Å². The number of carbonyl (C=O) groups excluding carboxylic acids is 1. The predicted molar refractivity (Wildman–Crippen MR) is 154 cm³/mol. The third kappa shape index (κ3) is 8.38. The molecule has 0 aliphatic rings. The molecule has 0 unspecified atom stereocenters. The Bertz CT molecular complexity index is 1470. The first-order valence-electron chi connectivity index (χ1n) is 11.4. The van der Waals surface area contributed by atoms with Crippen LogP contribution >= 0.6 is 43.2 Å². The van der Waals surface area contributed by atoms with Crippen LogP contribution in [-0.2, 0) is 24.0 Å². The van der Waals surface area contributed by atoms with Gasteiger partial charge < -0.3 is 10.1 Å². The van der Waals surface area contributed by atoms with Crippen LogP contribution in [0.1, 0.15) is 27.9 Å². The number of benzene rings is 3. The van der Waals surface area contributed by atoms with E-state index in [0.717, 1.165) is 32.2 Å². The van der Waals surface area contributed by atoms with Gasteiger partial charge in [-0.1, -0.05) is 35.9 Å². The van der Waals surface area contributed by atoms with E-state index in [1.165, 1.54) is 35.2 Å². The molecule has 0 spiro atoms. The Morgan fingerprint density at radius 3 is 2.51 bits per heavy atom. The van der Waals surface area contributed by atoms with Crippen LogP contribution < -0.4 is 15.5 Å². The molecular weight excluding hydrogens is 661 g/mol. The molecule has 0 saturated heterocycles. The van der Waals surface area contributed by atoms with Gasteiger partial charge in [0.05, 0.1) is 32.8 Å². The molecule has 6 nitrogen and oxygen atoms in total. The lowest BCUT2D eigenvalue weighted by molar-refractivity contribution is -0.137. The number of hydrogen-bond donors (Lipinski definition) is 2. The normalized spacial score (nSPS) is 11.5. The van der Waals surface area contributed by atoms with E-state index in [1.807, 2.05) is 43.3 Å². The summed E-state index contributed by atoms with van der Waals surface area (Å²) in [6.45, 7) is 2.44. The number of anilines is 2. The number of halogens is 5. The first-order chi connectivity index (χ1) is 18.6. The molecule has 0 saturated carbocycles. The van der Waals surface area contributed by atoms with E-state index in [-0.39, 0.29) is 12.1 Å². The average Bonchev–Trinajstić information content (AvgIpc) is 3.30. The molecule has 1 heterocycles. The Morgan fingerprint density at radius 2 is 1.82 bits per heavy atom. The summed E-state index contributed by atoms with van der Waals surface area (Å²) in [5.74, 6) is 0.258. The van der Waals surface area contributed by atoms with Crippen LogP contribution in [0.5, 0.6) is 5.75 Å². The first kappa shape index (κ1) is 28.8. The van der Waals surface area contributed by atoms with E-state index in [2.05, 4.69) is 52.7 Å². The number of alkyl halides is 3. The summed E-state index contributed by atoms with van der Waals surface area (Å²) in [6.07, 6.45) is -2.98. The smallest absolute Gasteiger partial charge is 0.416 e. The summed E-state index contributed by atoms with van der Waals surface area (Å²) >= 11 is 8.21. The van der Waals surface area contributed by atoms with Crippen molar-refractivity contribution in [1.82, 2.24) is 10.4 Å². The van der Waals surface area contributed by atoms with Gasteiger partial charge in [-0.15, -0.1) is 11.3 Å². The quantitative estimate of drug-likeness (QED) is 0.139. The van der Waals surface area contributed by atoms with Crippen LogP contribution in [0.4, 0.5) is 24.0 Å². The number of carbonyl (C=O) groups is 1. The maximum atomic E-state index is 12.9. The number of thiazole rings is 1. The van der Waals surface area contributed by atoms with Crippen LogP contribution in [0.25, 0.3) is 0 Å². The van der Waals surface area contributed by atoms with Crippen molar-refractivity contribution in [3.63, 3.8) is 0 Å².